The third-order valence-electron chi connectivity index (χ3n) is 2.42. The molecule has 1 aliphatic heterocycles. The zero-order chi connectivity index (χ0) is 8.39. The molecule has 1 aromatic rings. The molecule has 2 heteroatoms. The van der Waals surface area contributed by atoms with E-state index in [0.717, 1.165) is 19.4 Å². The Hall–Kier alpha value is -0.890. The summed E-state index contributed by atoms with van der Waals surface area (Å²) in [5.41, 5.74) is 2.87. The molecule has 0 saturated carbocycles. The molecule has 0 amide bonds. The molecule has 0 saturated heterocycles. The highest BCUT2D eigenvalue weighted by molar-refractivity contribution is 5.25. The maximum atomic E-state index is 4.14. The van der Waals surface area contributed by atoms with Crippen molar-refractivity contribution in [1.29, 1.82) is 0 Å². The molecule has 0 aliphatic carbocycles. The van der Waals surface area contributed by atoms with Crippen molar-refractivity contribution in [3.05, 3.63) is 29.6 Å². The van der Waals surface area contributed by atoms with Crippen molar-refractivity contribution in [2.45, 2.75) is 25.8 Å². The summed E-state index contributed by atoms with van der Waals surface area (Å²) in [6.45, 7) is 3.31. The Kier molecular flexibility index (Phi) is 2.09. The average molecular weight is 162 g/mol. The Bertz CT molecular complexity index is 270. The molecule has 1 N–H and O–H groups in total. The monoisotopic (exact) mass is 162 g/mol. The first-order chi connectivity index (χ1) is 5.86. The van der Waals surface area contributed by atoms with Gasteiger partial charge in [-0.05, 0) is 43.5 Å². The summed E-state index contributed by atoms with van der Waals surface area (Å²) < 4.78 is 0. The molecule has 0 bridgehead atoms. The second-order valence-corrected chi connectivity index (χ2v) is 3.45. The number of hydrogen-bond acceptors (Lipinski definition) is 2. The number of nitrogens with zero attached hydrogens (tertiary/aromatic N) is 1. The van der Waals surface area contributed by atoms with E-state index < -0.39 is 0 Å². The zero-order valence-corrected chi connectivity index (χ0v) is 7.38. The van der Waals surface area contributed by atoms with Crippen LogP contribution < -0.4 is 5.32 Å². The molecule has 2 rings (SSSR count). The molecule has 1 aromatic heterocycles. The van der Waals surface area contributed by atoms with Crippen LogP contribution in [0.3, 0.4) is 0 Å². The Morgan fingerprint density at radius 1 is 1.50 bits per heavy atom. The van der Waals surface area contributed by atoms with Crippen molar-refractivity contribution < 1.29 is 0 Å². The Balaban J connectivity index is 2.31. The molecule has 0 fully saturated rings. The van der Waals surface area contributed by atoms with E-state index >= 15 is 0 Å². The van der Waals surface area contributed by atoms with E-state index in [1.54, 1.807) is 0 Å². The lowest BCUT2D eigenvalue weighted by atomic mass is 10.0. The standard InChI is InChI=1S/C10H14N2/c1-8-6-9-2-4-11-7-10(9)3-5-12-8/h2,4,7-8,12H,3,5-6H2,1H3. The van der Waals surface area contributed by atoms with Crippen molar-refractivity contribution in [3.63, 3.8) is 0 Å². The normalized spacial score (nSPS) is 22.9. The smallest absolute Gasteiger partial charge is 0.0303 e. The first kappa shape index (κ1) is 7.74. The molecule has 0 spiro atoms. The van der Waals surface area contributed by atoms with Crippen molar-refractivity contribution in [2.24, 2.45) is 0 Å². The first-order valence-electron chi connectivity index (χ1n) is 4.51. The van der Waals surface area contributed by atoms with Crippen molar-refractivity contribution in [1.82, 2.24) is 10.3 Å². The lowest BCUT2D eigenvalue weighted by Crippen LogP contribution is -2.27. The van der Waals surface area contributed by atoms with Crippen LogP contribution in [0.4, 0.5) is 0 Å². The third kappa shape index (κ3) is 1.48. The predicted octanol–water partition coefficient (Wildman–Crippen LogP) is 1.16. The van der Waals surface area contributed by atoms with Crippen LogP contribution in [0.15, 0.2) is 18.5 Å². The van der Waals surface area contributed by atoms with Crippen molar-refractivity contribution in [2.75, 3.05) is 6.54 Å². The van der Waals surface area contributed by atoms with Crippen LogP contribution in [-0.2, 0) is 12.8 Å². The van der Waals surface area contributed by atoms with Gasteiger partial charge in [0.2, 0.25) is 0 Å². The summed E-state index contributed by atoms with van der Waals surface area (Å²) in [4.78, 5) is 4.14. The van der Waals surface area contributed by atoms with Gasteiger partial charge in [0.15, 0.2) is 0 Å². The van der Waals surface area contributed by atoms with Gasteiger partial charge in [0.05, 0.1) is 0 Å². The number of fused-ring (bicyclic) bond motifs is 1. The summed E-state index contributed by atoms with van der Waals surface area (Å²) in [6.07, 6.45) is 6.14. The van der Waals surface area contributed by atoms with Crippen LogP contribution in [0.5, 0.6) is 0 Å². The molecule has 0 aromatic carbocycles. The largest absolute Gasteiger partial charge is 0.314 e. The van der Waals surface area contributed by atoms with E-state index in [9.17, 15) is 0 Å². The molecule has 0 radical (unpaired) electrons. The minimum atomic E-state index is 0.605. The molecule has 1 atom stereocenters. The van der Waals surface area contributed by atoms with Crippen molar-refractivity contribution in [3.8, 4) is 0 Å². The summed E-state index contributed by atoms with van der Waals surface area (Å²) in [6, 6.07) is 2.74. The highest BCUT2D eigenvalue weighted by Gasteiger charge is 2.11. The van der Waals surface area contributed by atoms with Gasteiger partial charge in [0.25, 0.3) is 0 Å². The summed E-state index contributed by atoms with van der Waals surface area (Å²) in [5, 5.41) is 3.46. The van der Waals surface area contributed by atoms with Gasteiger partial charge in [-0.2, -0.15) is 0 Å². The average Bonchev–Trinajstić information content (AvgIpc) is 2.25. The second-order valence-electron chi connectivity index (χ2n) is 3.45. The van der Waals surface area contributed by atoms with Gasteiger partial charge in [0, 0.05) is 18.4 Å². The highest BCUT2D eigenvalue weighted by Crippen LogP contribution is 2.12. The fourth-order valence-corrected chi connectivity index (χ4v) is 1.74. The van der Waals surface area contributed by atoms with Crippen LogP contribution in [-0.4, -0.2) is 17.6 Å². The van der Waals surface area contributed by atoms with E-state index in [0.29, 0.717) is 6.04 Å². The third-order valence-corrected chi connectivity index (χ3v) is 2.42. The van der Waals surface area contributed by atoms with E-state index in [-0.39, 0.29) is 0 Å². The number of aromatic nitrogens is 1. The minimum Gasteiger partial charge on any atom is -0.314 e. The van der Waals surface area contributed by atoms with Gasteiger partial charge >= 0.3 is 0 Å². The molecule has 2 nitrogen and oxygen atoms in total. The van der Waals surface area contributed by atoms with Crippen LogP contribution in [0, 0.1) is 0 Å². The van der Waals surface area contributed by atoms with Gasteiger partial charge < -0.3 is 5.32 Å². The van der Waals surface area contributed by atoms with E-state index in [4.69, 9.17) is 0 Å². The Morgan fingerprint density at radius 2 is 2.42 bits per heavy atom. The predicted molar refractivity (Wildman–Crippen MR) is 49.1 cm³/mol. The molecule has 64 valence electrons. The fourth-order valence-electron chi connectivity index (χ4n) is 1.74. The Labute approximate surface area is 73.0 Å². The molecule has 1 unspecified atom stereocenters. The SMILES string of the molecule is CC1Cc2ccncc2CCN1. The molecule has 1 aliphatic rings. The number of pyridine rings is 1. The van der Waals surface area contributed by atoms with E-state index in [2.05, 4.69) is 23.3 Å². The number of nitrogens with one attached hydrogen (secondary N) is 1. The van der Waals surface area contributed by atoms with Gasteiger partial charge in [-0.25, -0.2) is 0 Å². The van der Waals surface area contributed by atoms with Gasteiger partial charge in [-0.1, -0.05) is 0 Å². The van der Waals surface area contributed by atoms with Gasteiger partial charge in [-0.15, -0.1) is 0 Å². The lowest BCUT2D eigenvalue weighted by Gasteiger charge is -2.08. The van der Waals surface area contributed by atoms with Crippen LogP contribution in [0.25, 0.3) is 0 Å². The minimum absolute atomic E-state index is 0.605. The van der Waals surface area contributed by atoms with Crippen LogP contribution in [0.2, 0.25) is 0 Å². The maximum absolute atomic E-state index is 4.14. The van der Waals surface area contributed by atoms with E-state index in [1.807, 2.05) is 12.4 Å². The summed E-state index contributed by atoms with van der Waals surface area (Å²) in [5.74, 6) is 0. The summed E-state index contributed by atoms with van der Waals surface area (Å²) in [7, 11) is 0. The fraction of sp³-hybridized carbons (Fsp3) is 0.500. The lowest BCUT2D eigenvalue weighted by molar-refractivity contribution is 0.568. The second kappa shape index (κ2) is 3.23. The number of rotatable bonds is 0. The van der Waals surface area contributed by atoms with Gasteiger partial charge in [0.1, 0.15) is 0 Å². The highest BCUT2D eigenvalue weighted by atomic mass is 14.9. The van der Waals surface area contributed by atoms with Crippen LogP contribution in [0.1, 0.15) is 18.1 Å². The molecular formula is C10H14N2. The molecule has 12 heavy (non-hydrogen) atoms. The maximum Gasteiger partial charge on any atom is 0.0303 e. The Morgan fingerprint density at radius 3 is 3.33 bits per heavy atom. The topological polar surface area (TPSA) is 24.9 Å². The van der Waals surface area contributed by atoms with Gasteiger partial charge in [-0.3, -0.25) is 4.98 Å². The van der Waals surface area contributed by atoms with Crippen molar-refractivity contribution >= 4 is 0 Å². The quantitative estimate of drug-likeness (QED) is 0.619. The van der Waals surface area contributed by atoms with Crippen LogP contribution >= 0.6 is 0 Å². The molecule has 2 heterocycles. The first-order valence-corrected chi connectivity index (χ1v) is 4.51. The summed E-state index contributed by atoms with van der Waals surface area (Å²) >= 11 is 0. The number of hydrogen-bond donors (Lipinski definition) is 1. The van der Waals surface area contributed by atoms with E-state index in [1.165, 1.54) is 11.1 Å². The molecular weight excluding hydrogens is 148 g/mol. The zero-order valence-electron chi connectivity index (χ0n) is 7.38.